The lowest BCUT2D eigenvalue weighted by Crippen LogP contribution is -2.21. The molecule has 1 aromatic rings. The van der Waals surface area contributed by atoms with E-state index in [9.17, 15) is 0 Å². The number of nitrogens with one attached hydrogen (secondary N) is 2. The van der Waals surface area contributed by atoms with Crippen LogP contribution in [0.25, 0.3) is 0 Å². The topological polar surface area (TPSA) is 41.9 Å². The van der Waals surface area contributed by atoms with E-state index in [1.807, 2.05) is 17.7 Å². The van der Waals surface area contributed by atoms with Gasteiger partial charge in [-0.15, -0.1) is 0 Å². The average molecular weight is 152 g/mol. The molecule has 2 heterocycles. The molecule has 1 unspecified atom stereocenters. The molecule has 1 aliphatic heterocycles. The molecule has 2 rings (SSSR count). The molecule has 0 radical (unpaired) electrons. The molecule has 0 bridgehead atoms. The highest BCUT2D eigenvalue weighted by atomic mass is 15.6. The van der Waals surface area contributed by atoms with E-state index < -0.39 is 0 Å². The minimum absolute atomic E-state index is 0.318. The fraction of sp³-hybridized carbons (Fsp3) is 0.571. The molecule has 1 aliphatic rings. The van der Waals surface area contributed by atoms with Gasteiger partial charge in [0.2, 0.25) is 0 Å². The summed E-state index contributed by atoms with van der Waals surface area (Å²) >= 11 is 0. The minimum atomic E-state index is 0.318. The summed E-state index contributed by atoms with van der Waals surface area (Å²) in [5.74, 6) is 1.06. The molecule has 11 heavy (non-hydrogen) atoms. The molecule has 2 N–H and O–H groups in total. The third-order valence-electron chi connectivity index (χ3n) is 1.91. The largest absolute Gasteiger partial charge is 0.304 e. The number of hydrogen-bond donors (Lipinski definition) is 2. The number of fused-ring (bicyclic) bond motifs is 1. The Kier molecular flexibility index (Phi) is 1.35. The maximum atomic E-state index is 4.34. The molecule has 0 spiro atoms. The van der Waals surface area contributed by atoms with Crippen molar-refractivity contribution in [3.63, 3.8) is 0 Å². The van der Waals surface area contributed by atoms with Crippen molar-refractivity contribution < 1.29 is 0 Å². The first-order valence-electron chi connectivity index (χ1n) is 3.89. The monoisotopic (exact) mass is 152 g/mol. The van der Waals surface area contributed by atoms with E-state index in [0.29, 0.717) is 6.17 Å². The normalized spacial score (nSPS) is 21.5. The average Bonchev–Trinajstić information content (AvgIpc) is 2.45. The summed E-state index contributed by atoms with van der Waals surface area (Å²) in [7, 11) is 0. The summed E-state index contributed by atoms with van der Waals surface area (Å²) in [6, 6.07) is 2.03. The van der Waals surface area contributed by atoms with Crippen molar-refractivity contribution in [2.45, 2.75) is 26.4 Å². The van der Waals surface area contributed by atoms with Crippen molar-refractivity contribution in [3.8, 4) is 0 Å². The van der Waals surface area contributed by atoms with Crippen LogP contribution >= 0.6 is 0 Å². The summed E-state index contributed by atoms with van der Waals surface area (Å²) in [4.78, 5) is 0. The highest BCUT2D eigenvalue weighted by Crippen LogP contribution is 2.21. The molecule has 0 saturated carbocycles. The van der Waals surface area contributed by atoms with Crippen LogP contribution in [0.15, 0.2) is 6.07 Å². The molecule has 4 heteroatoms. The summed E-state index contributed by atoms with van der Waals surface area (Å²) in [6.45, 7) is 4.13. The molecule has 4 nitrogen and oxygen atoms in total. The SMILES string of the molecule is CCC1NNc2cc(C)nn21. The van der Waals surface area contributed by atoms with E-state index in [0.717, 1.165) is 17.9 Å². The number of anilines is 1. The smallest absolute Gasteiger partial charge is 0.140 e. The van der Waals surface area contributed by atoms with Crippen molar-refractivity contribution in [2.24, 2.45) is 0 Å². The second-order valence-electron chi connectivity index (χ2n) is 2.81. The summed E-state index contributed by atoms with van der Waals surface area (Å²) < 4.78 is 1.98. The summed E-state index contributed by atoms with van der Waals surface area (Å²) in [5.41, 5.74) is 7.26. The number of nitrogens with zero attached hydrogens (tertiary/aromatic N) is 2. The lowest BCUT2D eigenvalue weighted by molar-refractivity contribution is 0.429. The third-order valence-corrected chi connectivity index (χ3v) is 1.91. The Morgan fingerprint density at radius 3 is 3.27 bits per heavy atom. The molecule has 0 saturated heterocycles. The van der Waals surface area contributed by atoms with Gasteiger partial charge >= 0.3 is 0 Å². The van der Waals surface area contributed by atoms with E-state index in [4.69, 9.17) is 0 Å². The van der Waals surface area contributed by atoms with Crippen molar-refractivity contribution >= 4 is 5.82 Å². The molecule has 0 aromatic carbocycles. The van der Waals surface area contributed by atoms with Gasteiger partial charge in [0.15, 0.2) is 0 Å². The highest BCUT2D eigenvalue weighted by molar-refractivity contribution is 5.38. The third kappa shape index (κ3) is 0.903. The van der Waals surface area contributed by atoms with Crippen LogP contribution in [0.4, 0.5) is 5.82 Å². The minimum Gasteiger partial charge on any atom is -0.304 e. The number of aromatic nitrogens is 2. The quantitative estimate of drug-likeness (QED) is 0.631. The Bertz CT molecular complexity index is 265. The van der Waals surface area contributed by atoms with Gasteiger partial charge in [-0.2, -0.15) is 5.10 Å². The molecule has 0 aliphatic carbocycles. The fourth-order valence-electron chi connectivity index (χ4n) is 1.34. The van der Waals surface area contributed by atoms with Gasteiger partial charge < -0.3 is 5.43 Å². The Labute approximate surface area is 65.6 Å². The number of aryl methyl sites for hydroxylation is 1. The van der Waals surface area contributed by atoms with Gasteiger partial charge in [0.05, 0.1) is 5.69 Å². The zero-order valence-corrected chi connectivity index (χ0v) is 6.76. The molecule has 60 valence electrons. The second-order valence-corrected chi connectivity index (χ2v) is 2.81. The molecule has 0 fully saturated rings. The second kappa shape index (κ2) is 2.23. The maximum absolute atomic E-state index is 4.34. The van der Waals surface area contributed by atoms with Crippen LogP contribution in [0.5, 0.6) is 0 Å². The van der Waals surface area contributed by atoms with Crippen LogP contribution in [-0.4, -0.2) is 9.78 Å². The predicted octanol–water partition coefficient (Wildman–Crippen LogP) is 1.03. The highest BCUT2D eigenvalue weighted by Gasteiger charge is 2.19. The van der Waals surface area contributed by atoms with E-state index >= 15 is 0 Å². The van der Waals surface area contributed by atoms with Crippen molar-refractivity contribution in [2.75, 3.05) is 5.43 Å². The number of hydrogen-bond acceptors (Lipinski definition) is 3. The van der Waals surface area contributed by atoms with Crippen LogP contribution in [-0.2, 0) is 0 Å². The Morgan fingerprint density at radius 1 is 1.73 bits per heavy atom. The molecule has 1 atom stereocenters. The van der Waals surface area contributed by atoms with Crippen LogP contribution < -0.4 is 10.9 Å². The van der Waals surface area contributed by atoms with E-state index in [2.05, 4.69) is 22.9 Å². The van der Waals surface area contributed by atoms with Gasteiger partial charge in [-0.25, -0.2) is 10.1 Å². The molecule has 1 aromatic heterocycles. The van der Waals surface area contributed by atoms with Crippen molar-refractivity contribution in [1.82, 2.24) is 15.2 Å². The molecular weight excluding hydrogens is 140 g/mol. The number of hydrazine groups is 1. The van der Waals surface area contributed by atoms with E-state index in [1.54, 1.807) is 0 Å². The van der Waals surface area contributed by atoms with Gasteiger partial charge in [-0.1, -0.05) is 6.92 Å². The van der Waals surface area contributed by atoms with Crippen LogP contribution in [0.2, 0.25) is 0 Å². The van der Waals surface area contributed by atoms with E-state index in [-0.39, 0.29) is 0 Å². The Morgan fingerprint density at radius 2 is 2.55 bits per heavy atom. The predicted molar refractivity (Wildman–Crippen MR) is 43.1 cm³/mol. The first kappa shape index (κ1) is 6.67. The first-order chi connectivity index (χ1) is 5.31. The van der Waals surface area contributed by atoms with Crippen LogP contribution in [0.1, 0.15) is 25.2 Å². The van der Waals surface area contributed by atoms with Crippen LogP contribution in [0, 0.1) is 6.92 Å². The molecule has 0 amide bonds. The Balaban J connectivity index is 2.37. The van der Waals surface area contributed by atoms with Crippen molar-refractivity contribution in [1.29, 1.82) is 0 Å². The summed E-state index contributed by atoms with van der Waals surface area (Å²) in [5, 5.41) is 4.34. The van der Waals surface area contributed by atoms with Gasteiger partial charge in [-0.3, -0.25) is 0 Å². The molecular formula is C7H12N4. The van der Waals surface area contributed by atoms with Crippen LogP contribution in [0.3, 0.4) is 0 Å². The van der Waals surface area contributed by atoms with Crippen molar-refractivity contribution in [3.05, 3.63) is 11.8 Å². The van der Waals surface area contributed by atoms with Gasteiger partial charge in [-0.05, 0) is 13.3 Å². The first-order valence-corrected chi connectivity index (χ1v) is 3.89. The van der Waals surface area contributed by atoms with Gasteiger partial charge in [0.25, 0.3) is 0 Å². The summed E-state index contributed by atoms with van der Waals surface area (Å²) in [6.07, 6.45) is 1.36. The number of rotatable bonds is 1. The zero-order chi connectivity index (χ0) is 7.84. The lowest BCUT2D eigenvalue weighted by atomic mass is 10.4. The lowest BCUT2D eigenvalue weighted by Gasteiger charge is -2.06. The maximum Gasteiger partial charge on any atom is 0.140 e. The zero-order valence-electron chi connectivity index (χ0n) is 6.76. The fourth-order valence-corrected chi connectivity index (χ4v) is 1.34. The standard InChI is InChI=1S/C7H12N4/c1-3-6-8-9-7-4-5(2)10-11(6)7/h4,6,8-9H,3H2,1-2H3. The Hall–Kier alpha value is -1.03. The van der Waals surface area contributed by atoms with E-state index in [1.165, 1.54) is 0 Å². The van der Waals surface area contributed by atoms with Gasteiger partial charge in [0, 0.05) is 6.07 Å². The van der Waals surface area contributed by atoms with Gasteiger partial charge in [0.1, 0.15) is 12.0 Å².